The molecule has 1 aliphatic heterocycles. The molecule has 0 bridgehead atoms. The van der Waals surface area contributed by atoms with Crippen LogP contribution in [0.5, 0.6) is 0 Å². The van der Waals surface area contributed by atoms with Crippen molar-refractivity contribution in [3.8, 4) is 0 Å². The maximum atomic E-state index is 13.3. The smallest absolute Gasteiger partial charge is 0.180 e. The second-order valence-corrected chi connectivity index (χ2v) is 9.48. The van der Waals surface area contributed by atoms with Gasteiger partial charge in [0.05, 0.1) is 16.7 Å². The summed E-state index contributed by atoms with van der Waals surface area (Å²) in [4.78, 5) is 0.483. The number of aryl methyl sites for hydroxylation is 1. The van der Waals surface area contributed by atoms with Crippen molar-refractivity contribution in [1.82, 2.24) is 5.32 Å². The summed E-state index contributed by atoms with van der Waals surface area (Å²) in [5.41, 5.74) is 2.68. The van der Waals surface area contributed by atoms with Crippen molar-refractivity contribution in [2.24, 2.45) is 0 Å². The second-order valence-electron chi connectivity index (χ2n) is 7.53. The van der Waals surface area contributed by atoms with Gasteiger partial charge in [0.15, 0.2) is 9.84 Å². The third kappa shape index (κ3) is 3.72. The molecule has 3 rings (SSSR count). The lowest BCUT2D eigenvalue weighted by Gasteiger charge is -2.36. The predicted molar refractivity (Wildman–Crippen MR) is 107 cm³/mol. The molecule has 2 aromatic carbocycles. The van der Waals surface area contributed by atoms with Crippen molar-refractivity contribution in [2.45, 2.75) is 62.9 Å². The van der Waals surface area contributed by atoms with Crippen LogP contribution in [0.2, 0.25) is 0 Å². The number of fused-ring (bicyclic) bond motifs is 1. The summed E-state index contributed by atoms with van der Waals surface area (Å²) in [7, 11) is -3.35. The van der Waals surface area contributed by atoms with Gasteiger partial charge in [-0.15, -0.1) is 0 Å². The number of hydrogen-bond donors (Lipinski definition) is 1. The van der Waals surface area contributed by atoms with Gasteiger partial charge in [0.25, 0.3) is 0 Å². The second kappa shape index (κ2) is 7.53. The SMILES string of the molecule is CCCC[C@@]1(CC)CS(=O)(=O)c2ccc(C)cc2[C@@H](c2ccccc2)N1. The van der Waals surface area contributed by atoms with E-state index in [0.29, 0.717) is 4.90 Å². The first-order chi connectivity index (χ1) is 12.4. The lowest BCUT2D eigenvalue weighted by molar-refractivity contribution is 0.295. The number of rotatable bonds is 5. The molecule has 0 radical (unpaired) electrons. The fourth-order valence-corrected chi connectivity index (χ4v) is 6.12. The van der Waals surface area contributed by atoms with Gasteiger partial charge in [0, 0.05) is 5.54 Å². The summed E-state index contributed by atoms with van der Waals surface area (Å²) in [5.74, 6) is 0.163. The summed E-state index contributed by atoms with van der Waals surface area (Å²) in [5, 5.41) is 3.79. The Kier molecular flexibility index (Phi) is 5.54. The van der Waals surface area contributed by atoms with Gasteiger partial charge in [-0.2, -0.15) is 0 Å². The van der Waals surface area contributed by atoms with Crippen LogP contribution in [-0.2, 0) is 9.84 Å². The predicted octanol–water partition coefficient (Wildman–Crippen LogP) is 4.80. The van der Waals surface area contributed by atoms with E-state index < -0.39 is 15.4 Å². The van der Waals surface area contributed by atoms with Gasteiger partial charge in [0.2, 0.25) is 0 Å². The lowest BCUT2D eigenvalue weighted by Crippen LogP contribution is -2.50. The van der Waals surface area contributed by atoms with E-state index in [0.717, 1.165) is 42.4 Å². The van der Waals surface area contributed by atoms with Crippen molar-refractivity contribution < 1.29 is 8.42 Å². The highest BCUT2D eigenvalue weighted by molar-refractivity contribution is 7.91. The highest BCUT2D eigenvalue weighted by Crippen LogP contribution is 2.38. The van der Waals surface area contributed by atoms with Gasteiger partial charge in [0.1, 0.15) is 0 Å². The summed E-state index contributed by atoms with van der Waals surface area (Å²) in [6.07, 6.45) is 3.75. The van der Waals surface area contributed by atoms with Crippen LogP contribution in [-0.4, -0.2) is 19.7 Å². The van der Waals surface area contributed by atoms with Crippen LogP contribution in [0.25, 0.3) is 0 Å². The van der Waals surface area contributed by atoms with Crippen LogP contribution in [0.1, 0.15) is 62.3 Å². The summed E-state index contributed by atoms with van der Waals surface area (Å²) in [6, 6.07) is 15.8. The number of sulfone groups is 1. The van der Waals surface area contributed by atoms with Crippen LogP contribution < -0.4 is 5.32 Å². The zero-order valence-corrected chi connectivity index (χ0v) is 16.8. The maximum absolute atomic E-state index is 13.3. The van der Waals surface area contributed by atoms with E-state index in [4.69, 9.17) is 0 Å². The minimum Gasteiger partial charge on any atom is -0.300 e. The molecule has 1 heterocycles. The minimum atomic E-state index is -3.35. The standard InChI is InChI=1S/C22H29NO2S/c1-4-6-14-22(5-2)16-26(24,25)20-13-12-17(3)15-19(20)21(23-22)18-10-8-7-9-11-18/h7-13,15,21,23H,4-6,14,16H2,1-3H3/t21-,22+/m1/s1. The molecule has 0 spiro atoms. The van der Waals surface area contributed by atoms with Crippen LogP contribution >= 0.6 is 0 Å². The van der Waals surface area contributed by atoms with Crippen molar-refractivity contribution >= 4 is 9.84 Å². The quantitative estimate of drug-likeness (QED) is 0.821. The van der Waals surface area contributed by atoms with E-state index in [-0.39, 0.29) is 11.8 Å². The molecule has 140 valence electrons. The van der Waals surface area contributed by atoms with E-state index in [1.807, 2.05) is 37.3 Å². The topological polar surface area (TPSA) is 46.2 Å². The van der Waals surface area contributed by atoms with Crippen LogP contribution in [0.15, 0.2) is 53.4 Å². The van der Waals surface area contributed by atoms with E-state index in [1.165, 1.54) is 0 Å². The zero-order chi connectivity index (χ0) is 18.8. The summed E-state index contributed by atoms with van der Waals surface area (Å²) >= 11 is 0. The fraction of sp³-hybridized carbons (Fsp3) is 0.455. The van der Waals surface area contributed by atoms with Crippen LogP contribution in [0, 0.1) is 6.92 Å². The first-order valence-electron chi connectivity index (χ1n) is 9.57. The molecular formula is C22H29NO2S. The van der Waals surface area contributed by atoms with Crippen molar-refractivity contribution in [2.75, 3.05) is 5.75 Å². The summed E-state index contributed by atoms with van der Waals surface area (Å²) < 4.78 is 26.6. The third-order valence-electron chi connectivity index (χ3n) is 5.55. The lowest BCUT2D eigenvalue weighted by atomic mass is 9.88. The Balaban J connectivity index is 2.21. The highest BCUT2D eigenvalue weighted by Gasteiger charge is 2.41. The van der Waals surface area contributed by atoms with Gasteiger partial charge < -0.3 is 0 Å². The maximum Gasteiger partial charge on any atom is 0.180 e. The Hall–Kier alpha value is -1.65. The van der Waals surface area contributed by atoms with Crippen molar-refractivity contribution in [1.29, 1.82) is 0 Å². The Labute approximate surface area is 157 Å². The molecule has 0 saturated heterocycles. The van der Waals surface area contributed by atoms with E-state index in [2.05, 4.69) is 31.3 Å². The van der Waals surface area contributed by atoms with Crippen molar-refractivity contribution in [3.05, 3.63) is 65.2 Å². The van der Waals surface area contributed by atoms with E-state index in [1.54, 1.807) is 6.07 Å². The average molecular weight is 372 g/mol. The largest absolute Gasteiger partial charge is 0.300 e. The molecule has 0 fully saturated rings. The minimum absolute atomic E-state index is 0.111. The number of hydrogen-bond acceptors (Lipinski definition) is 3. The van der Waals surface area contributed by atoms with Crippen LogP contribution in [0.4, 0.5) is 0 Å². The molecule has 1 aliphatic rings. The van der Waals surface area contributed by atoms with Gasteiger partial charge in [-0.25, -0.2) is 8.42 Å². The Morgan fingerprint density at radius 3 is 2.50 bits per heavy atom. The van der Waals surface area contributed by atoms with E-state index in [9.17, 15) is 8.42 Å². The Morgan fingerprint density at radius 2 is 1.85 bits per heavy atom. The molecule has 0 amide bonds. The zero-order valence-electron chi connectivity index (χ0n) is 16.0. The van der Waals surface area contributed by atoms with Gasteiger partial charge in [-0.1, -0.05) is 74.7 Å². The number of benzene rings is 2. The van der Waals surface area contributed by atoms with Crippen molar-refractivity contribution in [3.63, 3.8) is 0 Å². The molecule has 3 nitrogen and oxygen atoms in total. The molecule has 0 saturated carbocycles. The Bertz CT molecular complexity index is 861. The number of nitrogens with one attached hydrogen (secondary N) is 1. The Morgan fingerprint density at radius 1 is 1.12 bits per heavy atom. The summed E-state index contributed by atoms with van der Waals surface area (Å²) in [6.45, 7) is 6.27. The highest BCUT2D eigenvalue weighted by atomic mass is 32.2. The van der Waals surface area contributed by atoms with Gasteiger partial charge in [-0.3, -0.25) is 5.32 Å². The first kappa shape index (κ1) is 19.1. The molecule has 1 N–H and O–H groups in total. The normalized spacial score (nSPS) is 24.7. The molecule has 0 unspecified atom stereocenters. The van der Waals surface area contributed by atoms with E-state index >= 15 is 0 Å². The fourth-order valence-electron chi connectivity index (χ4n) is 3.99. The molecule has 26 heavy (non-hydrogen) atoms. The first-order valence-corrected chi connectivity index (χ1v) is 11.2. The third-order valence-corrected chi connectivity index (χ3v) is 7.52. The van der Waals surface area contributed by atoms with Crippen LogP contribution in [0.3, 0.4) is 0 Å². The monoisotopic (exact) mass is 371 g/mol. The molecule has 0 aliphatic carbocycles. The average Bonchev–Trinajstić information content (AvgIpc) is 2.73. The van der Waals surface area contributed by atoms with Gasteiger partial charge in [-0.05, 0) is 37.0 Å². The van der Waals surface area contributed by atoms with Gasteiger partial charge >= 0.3 is 0 Å². The molecular weight excluding hydrogens is 342 g/mol. The molecule has 2 aromatic rings. The molecule has 4 heteroatoms. The molecule has 0 aromatic heterocycles. The number of unbranched alkanes of at least 4 members (excludes halogenated alkanes) is 1. The molecule has 2 atom stereocenters.